The van der Waals surface area contributed by atoms with Gasteiger partial charge in [0.1, 0.15) is 11.3 Å². The van der Waals surface area contributed by atoms with E-state index in [0.717, 1.165) is 67.0 Å². The highest BCUT2D eigenvalue weighted by atomic mass is 16.3. The van der Waals surface area contributed by atoms with E-state index in [4.69, 9.17) is 4.42 Å². The molecule has 0 unspecified atom stereocenters. The molecule has 282 valence electrons. The van der Waals surface area contributed by atoms with Gasteiger partial charge in [0, 0.05) is 39.0 Å². The molecule has 11 aromatic rings. The van der Waals surface area contributed by atoms with Crippen LogP contribution in [-0.4, -0.2) is 0 Å². The molecule has 10 aromatic carbocycles. The fourth-order valence-electron chi connectivity index (χ4n) is 8.75. The summed E-state index contributed by atoms with van der Waals surface area (Å²) in [5.74, 6) is 0.887. The van der Waals surface area contributed by atoms with Gasteiger partial charge in [-0.3, -0.25) is 0 Å². The van der Waals surface area contributed by atoms with Gasteiger partial charge in [-0.25, -0.2) is 0 Å². The summed E-state index contributed by atoms with van der Waals surface area (Å²) in [4.78, 5) is 2.34. The summed E-state index contributed by atoms with van der Waals surface area (Å²) in [6.07, 6.45) is 0. The van der Waals surface area contributed by atoms with E-state index in [9.17, 15) is 0 Å². The van der Waals surface area contributed by atoms with Gasteiger partial charge in [-0.15, -0.1) is 0 Å². The zero-order valence-corrected chi connectivity index (χ0v) is 32.9. The minimum absolute atomic E-state index is 0.887. The molecule has 0 bridgehead atoms. The number of furan rings is 1. The van der Waals surface area contributed by atoms with Crippen LogP contribution in [0.25, 0.3) is 88.3 Å². The van der Waals surface area contributed by atoms with Crippen LogP contribution in [0.4, 0.5) is 17.1 Å². The van der Waals surface area contributed by atoms with Crippen LogP contribution in [0.2, 0.25) is 0 Å². The molecule has 0 amide bonds. The minimum atomic E-state index is 0.887. The quantitative estimate of drug-likeness (QED) is 0.143. The predicted molar refractivity (Wildman–Crippen MR) is 253 cm³/mol. The molecular weight excluding hydrogens is 727 g/mol. The Labute approximate surface area is 349 Å². The molecule has 0 aliphatic heterocycles. The van der Waals surface area contributed by atoms with Gasteiger partial charge in [0.15, 0.2) is 0 Å². The molecule has 0 aliphatic carbocycles. The highest BCUT2D eigenvalue weighted by Crippen LogP contribution is 2.48. The first-order chi connectivity index (χ1) is 29.8. The molecule has 0 radical (unpaired) electrons. The second-order valence-corrected chi connectivity index (χ2v) is 15.3. The summed E-state index contributed by atoms with van der Waals surface area (Å²) in [6, 6.07) is 84.5. The Morgan fingerprint density at radius 1 is 0.267 bits per heavy atom. The number of benzene rings is 10. The number of anilines is 3. The molecule has 0 saturated heterocycles. The first-order valence-corrected chi connectivity index (χ1v) is 20.5. The summed E-state index contributed by atoms with van der Waals surface area (Å²) in [5, 5.41) is 5.82. The smallest absolute Gasteiger partial charge is 0.143 e. The van der Waals surface area contributed by atoms with Crippen molar-refractivity contribution in [3.8, 4) is 55.8 Å². The molecule has 11 rings (SSSR count). The van der Waals surface area contributed by atoms with Crippen molar-refractivity contribution in [2.75, 3.05) is 4.90 Å². The molecule has 0 N–H and O–H groups in total. The SMILES string of the molecule is c1ccc(-c2ccc(N(c3ccc(-c4ccccc4)cc3)c3ccc(-c4ccc5c6ccccc6c6oc(-c7ccccc7)c(-c7ccccc7)c6c5c4)cc3)cc2)cc1. The highest BCUT2D eigenvalue weighted by molar-refractivity contribution is 6.29. The average Bonchev–Trinajstić information content (AvgIpc) is 3.75. The van der Waals surface area contributed by atoms with Crippen molar-refractivity contribution in [3.05, 3.63) is 237 Å². The molecule has 2 heteroatoms. The zero-order chi connectivity index (χ0) is 39.8. The highest BCUT2D eigenvalue weighted by Gasteiger charge is 2.23. The molecule has 60 heavy (non-hydrogen) atoms. The molecule has 0 saturated carbocycles. The number of hydrogen-bond donors (Lipinski definition) is 0. The molecule has 0 atom stereocenters. The molecule has 0 aliphatic rings. The van der Waals surface area contributed by atoms with Crippen molar-refractivity contribution in [2.24, 2.45) is 0 Å². The van der Waals surface area contributed by atoms with Crippen LogP contribution < -0.4 is 4.90 Å². The van der Waals surface area contributed by atoms with Crippen LogP contribution in [0, 0.1) is 0 Å². The lowest BCUT2D eigenvalue weighted by Crippen LogP contribution is -2.09. The van der Waals surface area contributed by atoms with Gasteiger partial charge in [-0.05, 0) is 97.6 Å². The Bertz CT molecular complexity index is 3160. The van der Waals surface area contributed by atoms with Crippen molar-refractivity contribution in [2.45, 2.75) is 0 Å². The van der Waals surface area contributed by atoms with E-state index in [1.165, 1.54) is 38.4 Å². The molecule has 1 heterocycles. The van der Waals surface area contributed by atoms with Crippen LogP contribution >= 0.6 is 0 Å². The molecule has 1 aromatic heterocycles. The van der Waals surface area contributed by atoms with Crippen LogP contribution in [0.1, 0.15) is 0 Å². The number of hydrogen-bond acceptors (Lipinski definition) is 2. The second-order valence-electron chi connectivity index (χ2n) is 15.3. The third kappa shape index (κ3) is 6.32. The Hall–Kier alpha value is -7.94. The first kappa shape index (κ1) is 35.2. The summed E-state index contributed by atoms with van der Waals surface area (Å²) in [5.41, 5.74) is 14.6. The van der Waals surface area contributed by atoms with Crippen LogP contribution in [-0.2, 0) is 0 Å². The lowest BCUT2D eigenvalue weighted by Gasteiger charge is -2.26. The standard InChI is InChI=1S/C58H39NO/c1-5-15-40(16-6-1)42-25-32-48(33-26-42)59(49-34-27-43(28-35-49)41-17-7-2-8-18-41)50-36-29-44(30-37-50)47-31-38-52-51-23-13-14-24-53(51)58-56(54(52)39-47)55(45-19-9-3-10-20-45)57(60-58)46-21-11-4-12-22-46/h1-39H. The average molecular weight is 766 g/mol. The van der Waals surface area contributed by atoms with Crippen molar-refractivity contribution in [1.82, 2.24) is 0 Å². The lowest BCUT2D eigenvalue weighted by molar-refractivity contribution is 0.636. The van der Waals surface area contributed by atoms with Gasteiger partial charge in [-0.1, -0.05) is 194 Å². The van der Waals surface area contributed by atoms with E-state index in [1.54, 1.807) is 0 Å². The maximum Gasteiger partial charge on any atom is 0.143 e. The van der Waals surface area contributed by atoms with Gasteiger partial charge < -0.3 is 9.32 Å². The van der Waals surface area contributed by atoms with Crippen molar-refractivity contribution < 1.29 is 4.42 Å². The van der Waals surface area contributed by atoms with Gasteiger partial charge in [0.25, 0.3) is 0 Å². The fourth-order valence-corrected chi connectivity index (χ4v) is 8.75. The fraction of sp³-hybridized carbons (Fsp3) is 0. The van der Waals surface area contributed by atoms with E-state index in [-0.39, 0.29) is 0 Å². The van der Waals surface area contributed by atoms with Gasteiger partial charge in [0.2, 0.25) is 0 Å². The lowest BCUT2D eigenvalue weighted by atomic mass is 9.90. The molecule has 0 fully saturated rings. The minimum Gasteiger partial charge on any atom is -0.455 e. The van der Waals surface area contributed by atoms with E-state index in [1.807, 2.05) is 0 Å². The maximum atomic E-state index is 6.99. The van der Waals surface area contributed by atoms with E-state index in [2.05, 4.69) is 241 Å². The first-order valence-electron chi connectivity index (χ1n) is 20.5. The van der Waals surface area contributed by atoms with Gasteiger partial charge >= 0.3 is 0 Å². The van der Waals surface area contributed by atoms with E-state index >= 15 is 0 Å². The van der Waals surface area contributed by atoms with Crippen LogP contribution in [0.15, 0.2) is 241 Å². The van der Waals surface area contributed by atoms with E-state index in [0.29, 0.717) is 0 Å². The Morgan fingerprint density at radius 3 is 1.13 bits per heavy atom. The molecule has 2 nitrogen and oxygen atoms in total. The van der Waals surface area contributed by atoms with Gasteiger partial charge in [-0.2, -0.15) is 0 Å². The zero-order valence-electron chi connectivity index (χ0n) is 32.9. The van der Waals surface area contributed by atoms with Crippen molar-refractivity contribution in [1.29, 1.82) is 0 Å². The normalized spacial score (nSPS) is 11.3. The summed E-state index contributed by atoms with van der Waals surface area (Å²) in [6.45, 7) is 0. The predicted octanol–water partition coefficient (Wildman–Crippen LogP) is 16.5. The summed E-state index contributed by atoms with van der Waals surface area (Å²) >= 11 is 0. The topological polar surface area (TPSA) is 16.4 Å². The molecule has 0 spiro atoms. The van der Waals surface area contributed by atoms with Crippen molar-refractivity contribution >= 4 is 49.6 Å². The Morgan fingerprint density at radius 2 is 0.633 bits per heavy atom. The third-order valence-corrected chi connectivity index (χ3v) is 11.7. The largest absolute Gasteiger partial charge is 0.455 e. The number of rotatable bonds is 8. The Balaban J connectivity index is 1.04. The second kappa shape index (κ2) is 15.1. The summed E-state index contributed by atoms with van der Waals surface area (Å²) in [7, 11) is 0. The van der Waals surface area contributed by atoms with Gasteiger partial charge in [0.05, 0.1) is 0 Å². The monoisotopic (exact) mass is 765 g/mol. The van der Waals surface area contributed by atoms with Crippen LogP contribution in [0.5, 0.6) is 0 Å². The number of nitrogens with zero attached hydrogens (tertiary/aromatic N) is 1. The van der Waals surface area contributed by atoms with Crippen molar-refractivity contribution in [3.63, 3.8) is 0 Å². The van der Waals surface area contributed by atoms with Crippen LogP contribution in [0.3, 0.4) is 0 Å². The third-order valence-electron chi connectivity index (χ3n) is 11.7. The summed E-state index contributed by atoms with van der Waals surface area (Å²) < 4.78 is 6.99. The number of fused-ring (bicyclic) bond motifs is 6. The Kier molecular flexibility index (Phi) is 8.87. The van der Waals surface area contributed by atoms with E-state index < -0.39 is 0 Å². The maximum absolute atomic E-state index is 6.99. The molecular formula is C58H39NO.